The van der Waals surface area contributed by atoms with Gasteiger partial charge in [0.2, 0.25) is 0 Å². The zero-order valence-corrected chi connectivity index (χ0v) is 8.98. The van der Waals surface area contributed by atoms with Crippen LogP contribution in [0.15, 0.2) is 0 Å². The Balaban J connectivity index is 2.03. The van der Waals surface area contributed by atoms with Crippen molar-refractivity contribution in [3.05, 3.63) is 0 Å². The van der Waals surface area contributed by atoms with Crippen molar-refractivity contribution < 1.29 is 0 Å². The van der Waals surface area contributed by atoms with Gasteiger partial charge in [0.15, 0.2) is 0 Å². The Labute approximate surface area is 76.9 Å². The quantitative estimate of drug-likeness (QED) is 0.667. The first-order valence-corrected chi connectivity index (χ1v) is 5.29. The third-order valence-corrected chi connectivity index (χ3v) is 3.01. The zero-order chi connectivity index (χ0) is 9.19. The van der Waals surface area contributed by atoms with Gasteiger partial charge < -0.3 is 5.32 Å². The highest BCUT2D eigenvalue weighted by atomic mass is 15.0. The largest absolute Gasteiger partial charge is 0.313 e. The van der Waals surface area contributed by atoms with Crippen LogP contribution in [0, 0.1) is 11.3 Å². The fraction of sp³-hybridized carbons (Fsp3) is 1.00. The van der Waals surface area contributed by atoms with Crippen LogP contribution in [-0.4, -0.2) is 12.6 Å². The minimum atomic E-state index is 0.589. The SMILES string of the molecule is CCCC(C)CNC1CC1(C)C. The summed E-state index contributed by atoms with van der Waals surface area (Å²) in [7, 11) is 0. The van der Waals surface area contributed by atoms with Gasteiger partial charge in [-0.1, -0.05) is 34.1 Å². The molecule has 0 heterocycles. The van der Waals surface area contributed by atoms with Crippen molar-refractivity contribution in [2.75, 3.05) is 6.54 Å². The van der Waals surface area contributed by atoms with Crippen molar-refractivity contribution in [3.63, 3.8) is 0 Å². The van der Waals surface area contributed by atoms with Gasteiger partial charge in [0, 0.05) is 6.04 Å². The Morgan fingerprint density at radius 2 is 2.08 bits per heavy atom. The van der Waals surface area contributed by atoms with Crippen LogP contribution in [0.2, 0.25) is 0 Å². The van der Waals surface area contributed by atoms with Crippen LogP contribution in [-0.2, 0) is 0 Å². The zero-order valence-electron chi connectivity index (χ0n) is 8.98. The minimum absolute atomic E-state index is 0.589. The Morgan fingerprint density at radius 3 is 2.50 bits per heavy atom. The van der Waals surface area contributed by atoms with Gasteiger partial charge in [-0.15, -0.1) is 0 Å². The second-order valence-corrected chi connectivity index (χ2v) is 5.05. The van der Waals surface area contributed by atoms with Gasteiger partial charge in [-0.25, -0.2) is 0 Å². The maximum absolute atomic E-state index is 3.63. The molecule has 0 aromatic rings. The molecule has 1 nitrogen and oxygen atoms in total. The highest BCUT2D eigenvalue weighted by Gasteiger charge is 2.44. The summed E-state index contributed by atoms with van der Waals surface area (Å²) < 4.78 is 0. The first kappa shape index (κ1) is 10.0. The third-order valence-electron chi connectivity index (χ3n) is 3.01. The second kappa shape index (κ2) is 3.78. The fourth-order valence-electron chi connectivity index (χ4n) is 1.75. The van der Waals surface area contributed by atoms with E-state index in [0.29, 0.717) is 5.41 Å². The summed E-state index contributed by atoms with van der Waals surface area (Å²) in [5, 5.41) is 3.63. The molecule has 72 valence electrons. The van der Waals surface area contributed by atoms with Crippen molar-refractivity contribution in [1.29, 1.82) is 0 Å². The van der Waals surface area contributed by atoms with Crippen molar-refractivity contribution in [2.45, 2.75) is 53.0 Å². The molecular weight excluding hydrogens is 146 g/mol. The summed E-state index contributed by atoms with van der Waals surface area (Å²) in [6, 6.07) is 0.803. The molecule has 0 aliphatic heterocycles. The highest BCUT2D eigenvalue weighted by Crippen LogP contribution is 2.44. The topological polar surface area (TPSA) is 12.0 Å². The van der Waals surface area contributed by atoms with E-state index in [0.717, 1.165) is 12.0 Å². The Bertz CT molecular complexity index is 140. The first-order chi connectivity index (χ1) is 5.56. The lowest BCUT2D eigenvalue weighted by molar-refractivity contribution is 0.448. The molecule has 0 spiro atoms. The van der Waals surface area contributed by atoms with Gasteiger partial charge in [-0.05, 0) is 30.7 Å². The predicted molar refractivity (Wildman–Crippen MR) is 54.3 cm³/mol. The molecule has 1 rings (SSSR count). The molecule has 0 saturated heterocycles. The molecule has 1 aliphatic rings. The number of hydrogen-bond acceptors (Lipinski definition) is 1. The molecule has 0 aromatic heterocycles. The summed E-state index contributed by atoms with van der Waals surface area (Å²) in [6.45, 7) is 10.5. The molecule has 0 bridgehead atoms. The molecular formula is C11H23N. The first-order valence-electron chi connectivity index (χ1n) is 5.29. The van der Waals surface area contributed by atoms with E-state index in [-0.39, 0.29) is 0 Å². The van der Waals surface area contributed by atoms with E-state index >= 15 is 0 Å². The summed E-state index contributed by atoms with van der Waals surface area (Å²) in [4.78, 5) is 0. The molecule has 1 fully saturated rings. The van der Waals surface area contributed by atoms with Gasteiger partial charge in [-0.3, -0.25) is 0 Å². The van der Waals surface area contributed by atoms with Crippen LogP contribution in [0.25, 0.3) is 0 Å². The summed E-state index contributed by atoms with van der Waals surface area (Å²) in [5.41, 5.74) is 0.589. The number of rotatable bonds is 5. The van der Waals surface area contributed by atoms with Gasteiger partial charge >= 0.3 is 0 Å². The molecule has 0 aromatic carbocycles. The Kier molecular flexibility index (Phi) is 3.16. The van der Waals surface area contributed by atoms with Crippen LogP contribution >= 0.6 is 0 Å². The second-order valence-electron chi connectivity index (χ2n) is 5.05. The smallest absolute Gasteiger partial charge is 0.0125 e. The molecule has 1 heteroatoms. The molecule has 1 N–H and O–H groups in total. The fourth-order valence-corrected chi connectivity index (χ4v) is 1.75. The van der Waals surface area contributed by atoms with E-state index < -0.39 is 0 Å². The molecule has 1 aliphatic carbocycles. The van der Waals surface area contributed by atoms with Crippen LogP contribution < -0.4 is 5.32 Å². The molecule has 12 heavy (non-hydrogen) atoms. The maximum Gasteiger partial charge on any atom is 0.0125 e. The summed E-state index contributed by atoms with van der Waals surface area (Å²) >= 11 is 0. The van der Waals surface area contributed by atoms with Crippen molar-refractivity contribution in [2.24, 2.45) is 11.3 Å². The van der Waals surface area contributed by atoms with Crippen LogP contribution in [0.1, 0.15) is 47.0 Å². The molecule has 2 unspecified atom stereocenters. The predicted octanol–water partition coefficient (Wildman–Crippen LogP) is 2.81. The standard InChI is InChI=1S/C11H23N/c1-5-6-9(2)8-12-10-7-11(10,3)4/h9-10,12H,5-8H2,1-4H3. The Hall–Kier alpha value is -0.0400. The van der Waals surface area contributed by atoms with Gasteiger partial charge in [-0.2, -0.15) is 0 Å². The van der Waals surface area contributed by atoms with Gasteiger partial charge in [0.05, 0.1) is 0 Å². The van der Waals surface area contributed by atoms with E-state index in [1.807, 2.05) is 0 Å². The maximum atomic E-state index is 3.63. The lowest BCUT2D eigenvalue weighted by Crippen LogP contribution is -2.26. The lowest BCUT2D eigenvalue weighted by Gasteiger charge is -2.12. The third kappa shape index (κ3) is 2.78. The van der Waals surface area contributed by atoms with E-state index in [1.54, 1.807) is 0 Å². The number of hydrogen-bond donors (Lipinski definition) is 1. The number of nitrogens with one attached hydrogen (secondary N) is 1. The van der Waals surface area contributed by atoms with Crippen molar-refractivity contribution in [1.82, 2.24) is 5.32 Å². The van der Waals surface area contributed by atoms with E-state index in [1.165, 1.54) is 25.8 Å². The monoisotopic (exact) mass is 169 g/mol. The molecule has 1 saturated carbocycles. The average molecular weight is 169 g/mol. The summed E-state index contributed by atoms with van der Waals surface area (Å²) in [5.74, 6) is 0.853. The normalized spacial score (nSPS) is 28.5. The van der Waals surface area contributed by atoms with Crippen molar-refractivity contribution in [3.8, 4) is 0 Å². The minimum Gasteiger partial charge on any atom is -0.313 e. The van der Waals surface area contributed by atoms with Crippen molar-refractivity contribution >= 4 is 0 Å². The van der Waals surface area contributed by atoms with Crippen LogP contribution in [0.3, 0.4) is 0 Å². The average Bonchev–Trinajstić information content (AvgIpc) is 2.56. The Morgan fingerprint density at radius 1 is 1.50 bits per heavy atom. The van der Waals surface area contributed by atoms with Crippen LogP contribution in [0.5, 0.6) is 0 Å². The highest BCUT2D eigenvalue weighted by molar-refractivity contribution is 5.01. The van der Waals surface area contributed by atoms with Crippen LogP contribution in [0.4, 0.5) is 0 Å². The lowest BCUT2D eigenvalue weighted by atomic mass is 10.1. The van der Waals surface area contributed by atoms with E-state index in [9.17, 15) is 0 Å². The molecule has 0 radical (unpaired) electrons. The van der Waals surface area contributed by atoms with E-state index in [2.05, 4.69) is 33.0 Å². The van der Waals surface area contributed by atoms with Gasteiger partial charge in [0.25, 0.3) is 0 Å². The van der Waals surface area contributed by atoms with E-state index in [4.69, 9.17) is 0 Å². The summed E-state index contributed by atoms with van der Waals surface area (Å²) in [6.07, 6.45) is 4.04. The van der Waals surface area contributed by atoms with Gasteiger partial charge in [0.1, 0.15) is 0 Å². The molecule has 0 amide bonds. The molecule has 2 atom stereocenters.